The van der Waals surface area contributed by atoms with Crippen LogP contribution in [0.4, 0.5) is 5.69 Å². The van der Waals surface area contributed by atoms with Gasteiger partial charge >= 0.3 is 0 Å². The molecule has 0 saturated heterocycles. The maximum absolute atomic E-state index is 13.6. The van der Waals surface area contributed by atoms with Crippen LogP contribution in [0.15, 0.2) is 107 Å². The minimum absolute atomic E-state index is 0.0739. The van der Waals surface area contributed by atoms with Crippen LogP contribution in [0.5, 0.6) is 0 Å². The molecule has 0 aliphatic carbocycles. The molecule has 1 N–H and O–H groups in total. The highest BCUT2D eigenvalue weighted by Crippen LogP contribution is 2.42. The van der Waals surface area contributed by atoms with Crippen molar-refractivity contribution in [1.82, 2.24) is 4.31 Å². The van der Waals surface area contributed by atoms with Crippen molar-refractivity contribution in [2.45, 2.75) is 30.8 Å². The summed E-state index contributed by atoms with van der Waals surface area (Å²) in [6.07, 6.45) is 0.979. The Morgan fingerprint density at radius 1 is 0.972 bits per heavy atom. The Hall–Kier alpha value is -3.19. The van der Waals surface area contributed by atoms with Crippen LogP contribution >= 0.6 is 0 Å². The van der Waals surface area contributed by atoms with Gasteiger partial charge in [0.15, 0.2) is 0 Å². The average molecular weight is 501 g/mol. The molecule has 0 aromatic heterocycles. The molecule has 0 spiro atoms. The van der Waals surface area contributed by atoms with E-state index in [9.17, 15) is 13.5 Å². The van der Waals surface area contributed by atoms with Gasteiger partial charge in [-0.2, -0.15) is 4.31 Å². The molecule has 0 fully saturated rings. The van der Waals surface area contributed by atoms with Gasteiger partial charge in [0, 0.05) is 25.3 Å². The Bertz CT molecular complexity index is 1430. The molecule has 3 aromatic carbocycles. The highest BCUT2D eigenvalue weighted by Gasteiger charge is 2.45. The van der Waals surface area contributed by atoms with Crippen molar-refractivity contribution < 1.29 is 13.5 Å². The second-order valence-corrected chi connectivity index (χ2v) is 11.8. The van der Waals surface area contributed by atoms with Gasteiger partial charge in [-0.3, -0.25) is 0 Å². The fraction of sp³-hybridized carbons (Fsp3) is 0.267. The lowest BCUT2D eigenvalue weighted by Crippen LogP contribution is -2.50. The molecule has 0 bridgehead atoms. The van der Waals surface area contributed by atoms with Crippen molar-refractivity contribution >= 4 is 15.7 Å². The number of hydrogen-bond donors (Lipinski definition) is 1. The van der Waals surface area contributed by atoms with Crippen LogP contribution in [0.25, 0.3) is 0 Å². The number of aliphatic hydroxyl groups is 1. The van der Waals surface area contributed by atoms with E-state index in [-0.39, 0.29) is 18.0 Å². The summed E-state index contributed by atoms with van der Waals surface area (Å²) in [6, 6.07) is 24.6. The van der Waals surface area contributed by atoms with E-state index in [0.29, 0.717) is 12.1 Å². The highest BCUT2D eigenvalue weighted by atomic mass is 32.2. The van der Waals surface area contributed by atoms with E-state index in [1.807, 2.05) is 50.2 Å². The summed E-state index contributed by atoms with van der Waals surface area (Å²) >= 11 is 0. The van der Waals surface area contributed by atoms with Gasteiger partial charge in [-0.25, -0.2) is 8.42 Å². The van der Waals surface area contributed by atoms with Crippen molar-refractivity contribution in [3.63, 3.8) is 0 Å². The van der Waals surface area contributed by atoms with Gasteiger partial charge in [0.1, 0.15) is 5.60 Å². The Morgan fingerprint density at radius 3 is 2.36 bits per heavy atom. The summed E-state index contributed by atoms with van der Waals surface area (Å²) in [6.45, 7) is 9.84. The molecule has 36 heavy (non-hydrogen) atoms. The Morgan fingerprint density at radius 2 is 1.64 bits per heavy atom. The molecular weight excluding hydrogens is 468 g/mol. The summed E-state index contributed by atoms with van der Waals surface area (Å²) < 4.78 is 28.6. The zero-order valence-corrected chi connectivity index (χ0v) is 21.6. The summed E-state index contributed by atoms with van der Waals surface area (Å²) in [7, 11) is -3.80. The molecule has 186 valence electrons. The summed E-state index contributed by atoms with van der Waals surface area (Å²) in [5, 5.41) is 12.3. The van der Waals surface area contributed by atoms with Crippen LogP contribution in [0, 0.1) is 6.92 Å². The van der Waals surface area contributed by atoms with Crippen LogP contribution in [-0.2, 0) is 22.0 Å². The number of sulfonamides is 1. The van der Waals surface area contributed by atoms with Crippen molar-refractivity contribution in [3.8, 4) is 0 Å². The molecule has 2 aliphatic heterocycles. The third-order valence-corrected chi connectivity index (χ3v) is 9.09. The normalized spacial score (nSPS) is 20.5. The molecule has 2 aliphatic rings. The second kappa shape index (κ2) is 9.36. The lowest BCUT2D eigenvalue weighted by Gasteiger charge is -2.43. The standard InChI is InChI=1S/C30H32N2O3S/c1-22-13-15-27(16-14-22)36(34,35)32-20-24(3)29(30(33,21-32)26-10-5-4-6-11-26)23(2)19-31-18-17-25-9-7-8-12-28(25)31/h4-16,33H,2,17-21H2,1,3H3/t30-/m1/s1. The van der Waals surface area contributed by atoms with Crippen LogP contribution in [-0.4, -0.2) is 44.0 Å². The van der Waals surface area contributed by atoms with Crippen molar-refractivity contribution in [2.24, 2.45) is 0 Å². The van der Waals surface area contributed by atoms with Gasteiger partial charge in [-0.05, 0) is 60.7 Å². The van der Waals surface area contributed by atoms with Crippen molar-refractivity contribution in [1.29, 1.82) is 0 Å². The maximum atomic E-state index is 13.6. The number of aryl methyl sites for hydroxylation is 1. The van der Waals surface area contributed by atoms with E-state index in [0.717, 1.165) is 35.2 Å². The van der Waals surface area contributed by atoms with E-state index < -0.39 is 15.6 Å². The van der Waals surface area contributed by atoms with Gasteiger partial charge in [-0.1, -0.05) is 78.4 Å². The fourth-order valence-corrected chi connectivity index (χ4v) is 7.04. The largest absolute Gasteiger partial charge is 0.379 e. The predicted molar refractivity (Wildman–Crippen MR) is 144 cm³/mol. The van der Waals surface area contributed by atoms with Crippen molar-refractivity contribution in [3.05, 3.63) is 119 Å². The minimum Gasteiger partial charge on any atom is -0.379 e. The smallest absolute Gasteiger partial charge is 0.243 e. The number of β-amino-alcohol motifs (C(OH)–C–C–N with tert-alkyl or cyclic N) is 1. The molecule has 3 aromatic rings. The van der Waals surface area contributed by atoms with Gasteiger partial charge < -0.3 is 10.0 Å². The van der Waals surface area contributed by atoms with Crippen LogP contribution < -0.4 is 4.90 Å². The third-order valence-electron chi connectivity index (χ3n) is 7.29. The molecule has 0 saturated carbocycles. The van der Waals surface area contributed by atoms with Crippen LogP contribution in [0.3, 0.4) is 0 Å². The molecule has 0 amide bonds. The zero-order valence-electron chi connectivity index (χ0n) is 20.8. The fourth-order valence-electron chi connectivity index (χ4n) is 5.54. The lowest BCUT2D eigenvalue weighted by atomic mass is 9.77. The number of hydrogen-bond acceptors (Lipinski definition) is 4. The summed E-state index contributed by atoms with van der Waals surface area (Å²) in [5.41, 5.74) is 4.99. The zero-order chi connectivity index (χ0) is 25.5. The number of benzene rings is 3. The molecule has 2 heterocycles. The van der Waals surface area contributed by atoms with Crippen LogP contribution in [0.1, 0.15) is 23.6 Å². The molecule has 0 unspecified atom stereocenters. The van der Waals surface area contributed by atoms with Crippen LogP contribution in [0.2, 0.25) is 0 Å². The molecule has 6 heteroatoms. The molecule has 5 nitrogen and oxygen atoms in total. The first kappa shape index (κ1) is 24.5. The third kappa shape index (κ3) is 4.30. The molecule has 1 atom stereocenters. The number of fused-ring (bicyclic) bond motifs is 1. The Labute approximate surface area is 214 Å². The SMILES string of the molecule is C=C(CN1CCc2ccccc21)C1=C(C)CN(S(=O)(=O)c2ccc(C)cc2)C[C@@]1(O)c1ccccc1. The predicted octanol–water partition coefficient (Wildman–Crippen LogP) is 4.82. The topological polar surface area (TPSA) is 60.9 Å². The number of nitrogens with zero attached hydrogens (tertiary/aromatic N) is 2. The molecule has 0 radical (unpaired) electrons. The molecule has 5 rings (SSSR count). The minimum atomic E-state index is -3.80. The summed E-state index contributed by atoms with van der Waals surface area (Å²) in [5.74, 6) is 0. The van der Waals surface area contributed by atoms with E-state index in [2.05, 4.69) is 29.7 Å². The second-order valence-electron chi connectivity index (χ2n) is 9.87. The number of anilines is 1. The van der Waals surface area contributed by atoms with E-state index in [4.69, 9.17) is 0 Å². The lowest BCUT2D eigenvalue weighted by molar-refractivity contribution is 0.0486. The first-order valence-electron chi connectivity index (χ1n) is 12.3. The van der Waals surface area contributed by atoms with Gasteiger partial charge in [-0.15, -0.1) is 0 Å². The maximum Gasteiger partial charge on any atom is 0.243 e. The van der Waals surface area contributed by atoms with Crippen molar-refractivity contribution in [2.75, 3.05) is 31.1 Å². The van der Waals surface area contributed by atoms with Gasteiger partial charge in [0.25, 0.3) is 0 Å². The first-order valence-corrected chi connectivity index (χ1v) is 13.7. The van der Waals surface area contributed by atoms with E-state index >= 15 is 0 Å². The van der Waals surface area contributed by atoms with Gasteiger partial charge in [0.2, 0.25) is 10.0 Å². The highest BCUT2D eigenvalue weighted by molar-refractivity contribution is 7.89. The van der Waals surface area contributed by atoms with E-state index in [1.165, 1.54) is 15.6 Å². The monoisotopic (exact) mass is 500 g/mol. The summed E-state index contributed by atoms with van der Waals surface area (Å²) in [4.78, 5) is 2.52. The quantitative estimate of drug-likeness (QED) is 0.527. The average Bonchev–Trinajstić information content (AvgIpc) is 3.27. The number of para-hydroxylation sites is 1. The van der Waals surface area contributed by atoms with Gasteiger partial charge in [0.05, 0.1) is 11.4 Å². The Kier molecular flexibility index (Phi) is 6.37. The molecular formula is C30H32N2O3S. The van der Waals surface area contributed by atoms with E-state index in [1.54, 1.807) is 24.3 Å². The first-order chi connectivity index (χ1) is 17.2. The number of rotatable bonds is 6. The Balaban J connectivity index is 1.53.